The van der Waals surface area contributed by atoms with E-state index < -0.39 is 28.8 Å². The molecule has 15 heavy (non-hydrogen) atoms. The number of hydrogen-bond donors (Lipinski definition) is 3. The largest absolute Gasteiger partial charge is 0.481 e. The summed E-state index contributed by atoms with van der Waals surface area (Å²) in [6.45, 7) is 6.53. The second kappa shape index (κ2) is 4.18. The fourth-order valence-corrected chi connectivity index (χ4v) is 1.28. The van der Waals surface area contributed by atoms with Gasteiger partial charge in [0.2, 0.25) is 0 Å². The van der Waals surface area contributed by atoms with Crippen molar-refractivity contribution in [2.24, 2.45) is 17.1 Å². The Morgan fingerprint density at radius 1 is 1.27 bits per heavy atom. The van der Waals surface area contributed by atoms with Crippen molar-refractivity contribution < 1.29 is 19.8 Å². The van der Waals surface area contributed by atoms with E-state index in [0.29, 0.717) is 0 Å². The standard InChI is InChI=1S/C10H19NO4/c1-6(7(12)13)5-10(11,8(14)15)9(2,3)4/h6H,5,11H2,1-4H3,(H,12,13)(H,14,15)/t6?,10-/m1/s1. The Kier molecular flexibility index (Phi) is 3.88. The zero-order valence-corrected chi connectivity index (χ0v) is 9.57. The number of carboxylic acids is 2. The highest BCUT2D eigenvalue weighted by Crippen LogP contribution is 2.33. The lowest BCUT2D eigenvalue weighted by Crippen LogP contribution is -2.59. The molecular weight excluding hydrogens is 198 g/mol. The topological polar surface area (TPSA) is 101 Å². The molecule has 2 atom stereocenters. The van der Waals surface area contributed by atoms with E-state index in [2.05, 4.69) is 0 Å². The molecule has 0 aliphatic rings. The van der Waals surface area contributed by atoms with Crippen LogP contribution in [0.5, 0.6) is 0 Å². The Bertz CT molecular complexity index is 269. The van der Waals surface area contributed by atoms with E-state index in [1.165, 1.54) is 6.92 Å². The molecule has 0 heterocycles. The van der Waals surface area contributed by atoms with E-state index in [1.54, 1.807) is 20.8 Å². The first-order chi connectivity index (χ1) is 6.52. The van der Waals surface area contributed by atoms with Gasteiger partial charge in [-0.2, -0.15) is 0 Å². The predicted molar refractivity (Wildman–Crippen MR) is 55.4 cm³/mol. The first-order valence-electron chi connectivity index (χ1n) is 4.77. The van der Waals surface area contributed by atoms with Crippen LogP contribution < -0.4 is 5.73 Å². The van der Waals surface area contributed by atoms with Gasteiger partial charge in [-0.1, -0.05) is 27.7 Å². The molecule has 0 aliphatic heterocycles. The summed E-state index contributed by atoms with van der Waals surface area (Å²) in [4.78, 5) is 21.8. The van der Waals surface area contributed by atoms with Gasteiger partial charge in [0.05, 0.1) is 5.92 Å². The first kappa shape index (κ1) is 13.9. The molecule has 0 bridgehead atoms. The molecule has 1 unspecified atom stereocenters. The highest BCUT2D eigenvalue weighted by atomic mass is 16.4. The zero-order chi connectivity index (χ0) is 12.4. The highest BCUT2D eigenvalue weighted by Gasteiger charge is 2.46. The Balaban J connectivity index is 5.00. The fraction of sp³-hybridized carbons (Fsp3) is 0.800. The Labute approximate surface area is 89.3 Å². The van der Waals surface area contributed by atoms with Crippen LogP contribution in [0.4, 0.5) is 0 Å². The third-order valence-electron chi connectivity index (χ3n) is 2.77. The molecular formula is C10H19NO4. The molecule has 0 aromatic carbocycles. The van der Waals surface area contributed by atoms with Crippen LogP contribution in [0.15, 0.2) is 0 Å². The van der Waals surface area contributed by atoms with Gasteiger partial charge < -0.3 is 15.9 Å². The molecule has 88 valence electrons. The molecule has 5 heteroatoms. The highest BCUT2D eigenvalue weighted by molar-refractivity contribution is 5.81. The van der Waals surface area contributed by atoms with Gasteiger partial charge in [-0.15, -0.1) is 0 Å². The average Bonchev–Trinajstić information content (AvgIpc) is 2.01. The van der Waals surface area contributed by atoms with E-state index in [4.69, 9.17) is 15.9 Å². The Hall–Kier alpha value is -1.10. The SMILES string of the molecule is CC(C[C@@](N)(C(=O)O)C(C)(C)C)C(=O)O. The molecule has 0 saturated carbocycles. The summed E-state index contributed by atoms with van der Waals surface area (Å²) in [7, 11) is 0. The maximum atomic E-state index is 11.1. The predicted octanol–water partition coefficient (Wildman–Crippen LogP) is 0.925. The second-order valence-electron chi connectivity index (χ2n) is 4.97. The molecule has 0 aromatic heterocycles. The van der Waals surface area contributed by atoms with Crippen LogP contribution >= 0.6 is 0 Å². The maximum Gasteiger partial charge on any atom is 0.324 e. The number of nitrogens with two attached hydrogens (primary N) is 1. The van der Waals surface area contributed by atoms with Crippen molar-refractivity contribution in [3.8, 4) is 0 Å². The second-order valence-corrected chi connectivity index (χ2v) is 4.97. The van der Waals surface area contributed by atoms with Gasteiger partial charge in [-0.25, -0.2) is 0 Å². The minimum atomic E-state index is -1.52. The van der Waals surface area contributed by atoms with Gasteiger partial charge in [0, 0.05) is 0 Å². The molecule has 0 aliphatic carbocycles. The summed E-state index contributed by atoms with van der Waals surface area (Å²) < 4.78 is 0. The van der Waals surface area contributed by atoms with Gasteiger partial charge >= 0.3 is 11.9 Å². The summed E-state index contributed by atoms with van der Waals surface area (Å²) in [6, 6.07) is 0. The van der Waals surface area contributed by atoms with Crippen LogP contribution in [0.3, 0.4) is 0 Å². The monoisotopic (exact) mass is 217 g/mol. The summed E-state index contributed by atoms with van der Waals surface area (Å²) in [5.41, 5.74) is 3.58. The average molecular weight is 217 g/mol. The van der Waals surface area contributed by atoms with Crippen LogP contribution in [-0.2, 0) is 9.59 Å². The van der Waals surface area contributed by atoms with E-state index in [9.17, 15) is 9.59 Å². The normalized spacial score (nSPS) is 17.9. The fourth-order valence-electron chi connectivity index (χ4n) is 1.28. The van der Waals surface area contributed by atoms with E-state index in [0.717, 1.165) is 0 Å². The maximum absolute atomic E-state index is 11.1. The van der Waals surface area contributed by atoms with Crippen molar-refractivity contribution in [3.05, 3.63) is 0 Å². The smallest absolute Gasteiger partial charge is 0.324 e. The van der Waals surface area contributed by atoms with Crippen LogP contribution in [0.25, 0.3) is 0 Å². The van der Waals surface area contributed by atoms with Crippen molar-refractivity contribution in [2.75, 3.05) is 0 Å². The molecule has 0 spiro atoms. The molecule has 0 rings (SSSR count). The summed E-state index contributed by atoms with van der Waals surface area (Å²) in [5.74, 6) is -2.97. The van der Waals surface area contributed by atoms with Gasteiger partial charge in [-0.05, 0) is 11.8 Å². The summed E-state index contributed by atoms with van der Waals surface area (Å²) in [6.07, 6.45) is -0.0822. The van der Waals surface area contributed by atoms with E-state index in [1.807, 2.05) is 0 Å². The third-order valence-corrected chi connectivity index (χ3v) is 2.77. The first-order valence-corrected chi connectivity index (χ1v) is 4.77. The number of carboxylic acid groups (broad SMARTS) is 2. The molecule has 0 fully saturated rings. The molecule has 0 amide bonds. The van der Waals surface area contributed by atoms with Crippen molar-refractivity contribution >= 4 is 11.9 Å². The van der Waals surface area contributed by atoms with Crippen molar-refractivity contribution in [1.29, 1.82) is 0 Å². The Morgan fingerprint density at radius 3 is 1.87 bits per heavy atom. The van der Waals surface area contributed by atoms with Crippen LogP contribution in [0.1, 0.15) is 34.1 Å². The van der Waals surface area contributed by atoms with Gasteiger partial charge in [0.25, 0.3) is 0 Å². The van der Waals surface area contributed by atoms with Crippen molar-refractivity contribution in [1.82, 2.24) is 0 Å². The van der Waals surface area contributed by atoms with Crippen molar-refractivity contribution in [3.63, 3.8) is 0 Å². The quantitative estimate of drug-likeness (QED) is 0.650. The molecule has 0 saturated heterocycles. The lowest BCUT2D eigenvalue weighted by Gasteiger charge is -2.38. The summed E-state index contributed by atoms with van der Waals surface area (Å²) >= 11 is 0. The van der Waals surface area contributed by atoms with Gasteiger partial charge in [0.1, 0.15) is 5.54 Å². The lowest BCUT2D eigenvalue weighted by atomic mass is 9.70. The Morgan fingerprint density at radius 2 is 1.67 bits per heavy atom. The third kappa shape index (κ3) is 2.92. The minimum absolute atomic E-state index is 0.0822. The number of hydrogen-bond acceptors (Lipinski definition) is 3. The lowest BCUT2D eigenvalue weighted by molar-refractivity contribution is -0.151. The molecule has 4 N–H and O–H groups in total. The van der Waals surface area contributed by atoms with E-state index in [-0.39, 0.29) is 6.42 Å². The number of carbonyl (C=O) groups is 2. The van der Waals surface area contributed by atoms with Gasteiger partial charge in [-0.3, -0.25) is 9.59 Å². The molecule has 0 radical (unpaired) electrons. The molecule has 0 aromatic rings. The summed E-state index contributed by atoms with van der Waals surface area (Å²) in [5, 5.41) is 17.8. The minimum Gasteiger partial charge on any atom is -0.481 e. The number of aliphatic carboxylic acids is 2. The van der Waals surface area contributed by atoms with Crippen LogP contribution in [-0.4, -0.2) is 27.7 Å². The van der Waals surface area contributed by atoms with Crippen LogP contribution in [0, 0.1) is 11.3 Å². The molecule has 5 nitrogen and oxygen atoms in total. The zero-order valence-electron chi connectivity index (χ0n) is 9.57. The van der Waals surface area contributed by atoms with Crippen LogP contribution in [0.2, 0.25) is 0 Å². The van der Waals surface area contributed by atoms with E-state index >= 15 is 0 Å². The number of rotatable bonds is 4. The van der Waals surface area contributed by atoms with Crippen molar-refractivity contribution in [2.45, 2.75) is 39.7 Å². The van der Waals surface area contributed by atoms with Gasteiger partial charge in [0.15, 0.2) is 0 Å².